The largest absolute Gasteiger partial charge is 0.465 e. The summed E-state index contributed by atoms with van der Waals surface area (Å²) in [6, 6.07) is 3.57. The molecule has 4 nitrogen and oxygen atoms in total. The summed E-state index contributed by atoms with van der Waals surface area (Å²) in [7, 11) is 0. The lowest BCUT2D eigenvalue weighted by Crippen LogP contribution is -2.01. The fourth-order valence-corrected chi connectivity index (χ4v) is 1.02. The van der Waals surface area contributed by atoms with Gasteiger partial charge in [-0.05, 0) is 18.9 Å². The maximum absolute atomic E-state index is 8.62. The second-order valence-corrected chi connectivity index (χ2v) is 3.69. The van der Waals surface area contributed by atoms with Crippen LogP contribution in [0.1, 0.15) is 39.5 Å². The molecular formula is C14H20N2O2. The molecule has 0 aliphatic rings. The molecule has 0 rings (SSSR count). The van der Waals surface area contributed by atoms with E-state index in [0.717, 1.165) is 25.7 Å². The number of nitriles is 2. The molecule has 18 heavy (non-hydrogen) atoms. The topological polar surface area (TPSA) is 66.0 Å². The Kier molecular flexibility index (Phi) is 10.3. The van der Waals surface area contributed by atoms with Gasteiger partial charge in [-0.25, -0.2) is 0 Å². The van der Waals surface area contributed by atoms with Crippen molar-refractivity contribution in [1.82, 2.24) is 0 Å². The quantitative estimate of drug-likeness (QED) is 0.271. The summed E-state index contributed by atoms with van der Waals surface area (Å²) in [5.41, 5.74) is 0.0330. The zero-order valence-electron chi connectivity index (χ0n) is 11.1. The van der Waals surface area contributed by atoms with Crippen LogP contribution in [0.3, 0.4) is 0 Å². The van der Waals surface area contributed by atoms with E-state index in [-0.39, 0.29) is 5.57 Å². The zero-order valence-corrected chi connectivity index (χ0v) is 11.1. The zero-order chi connectivity index (χ0) is 13.6. The normalized spacial score (nSPS) is 8.67. The molecule has 0 fully saturated rings. The molecule has 0 aliphatic carbocycles. The van der Waals surface area contributed by atoms with Crippen LogP contribution in [0.4, 0.5) is 0 Å². The molecule has 0 spiro atoms. The van der Waals surface area contributed by atoms with Crippen LogP contribution in [0.5, 0.6) is 0 Å². The van der Waals surface area contributed by atoms with E-state index in [1.807, 2.05) is 0 Å². The van der Waals surface area contributed by atoms with Crippen LogP contribution in [0.25, 0.3) is 0 Å². The van der Waals surface area contributed by atoms with Gasteiger partial charge >= 0.3 is 0 Å². The Morgan fingerprint density at radius 2 is 1.44 bits per heavy atom. The van der Waals surface area contributed by atoms with E-state index in [1.165, 1.54) is 12.2 Å². The summed E-state index contributed by atoms with van der Waals surface area (Å²) in [5, 5.41) is 17.2. The summed E-state index contributed by atoms with van der Waals surface area (Å²) in [6.45, 7) is 5.32. The monoisotopic (exact) mass is 248 g/mol. The van der Waals surface area contributed by atoms with Gasteiger partial charge in [-0.3, -0.25) is 0 Å². The second-order valence-electron chi connectivity index (χ2n) is 3.69. The molecule has 4 heteroatoms. The van der Waals surface area contributed by atoms with Gasteiger partial charge in [-0.2, -0.15) is 10.5 Å². The van der Waals surface area contributed by atoms with Gasteiger partial charge in [0, 0.05) is 6.08 Å². The van der Waals surface area contributed by atoms with Crippen molar-refractivity contribution < 1.29 is 9.47 Å². The van der Waals surface area contributed by atoms with Crippen LogP contribution in [-0.4, -0.2) is 13.2 Å². The smallest absolute Gasteiger partial charge is 0.279 e. The first kappa shape index (κ1) is 16.1. The lowest BCUT2D eigenvalue weighted by molar-refractivity contribution is 0.0332. The van der Waals surface area contributed by atoms with Gasteiger partial charge in [0.25, 0.3) is 5.95 Å². The average Bonchev–Trinajstić information content (AvgIpc) is 2.39. The third-order valence-electron chi connectivity index (χ3n) is 2.11. The SMILES string of the molecule is CCCCOC(=CC=C(C#N)C#N)OCCCC. The standard InChI is InChI=1S/C14H20N2O2/c1-3-5-9-17-14(18-10-6-4-2)8-7-13(11-15)12-16/h7-8H,3-6,9-10H2,1-2H3. The molecule has 0 aromatic heterocycles. The third kappa shape index (κ3) is 8.24. The van der Waals surface area contributed by atoms with E-state index in [4.69, 9.17) is 20.0 Å². The van der Waals surface area contributed by atoms with Crippen LogP contribution >= 0.6 is 0 Å². The molecule has 0 aliphatic heterocycles. The van der Waals surface area contributed by atoms with Crippen LogP contribution in [-0.2, 0) is 9.47 Å². The summed E-state index contributed by atoms with van der Waals surface area (Å²) >= 11 is 0. The highest BCUT2D eigenvalue weighted by Gasteiger charge is 1.99. The predicted octanol–water partition coefficient (Wildman–Crippen LogP) is 3.43. The molecule has 0 saturated carbocycles. The molecule has 0 radical (unpaired) electrons. The van der Waals surface area contributed by atoms with Crippen molar-refractivity contribution >= 4 is 0 Å². The van der Waals surface area contributed by atoms with Gasteiger partial charge in [0.1, 0.15) is 17.7 Å². The molecule has 0 unspecified atom stereocenters. The molecule has 98 valence electrons. The van der Waals surface area contributed by atoms with Crippen LogP contribution in [0.2, 0.25) is 0 Å². The van der Waals surface area contributed by atoms with Gasteiger partial charge < -0.3 is 9.47 Å². The third-order valence-corrected chi connectivity index (χ3v) is 2.11. The molecule has 0 aromatic rings. The van der Waals surface area contributed by atoms with E-state index in [2.05, 4.69) is 13.8 Å². The summed E-state index contributed by atoms with van der Waals surface area (Å²) in [6.07, 6.45) is 6.92. The molecule has 0 aromatic carbocycles. The Balaban J connectivity index is 4.44. The van der Waals surface area contributed by atoms with Crippen molar-refractivity contribution in [2.75, 3.05) is 13.2 Å². The van der Waals surface area contributed by atoms with Crippen molar-refractivity contribution in [3.05, 3.63) is 23.7 Å². The Bertz CT molecular complexity index is 331. The number of hydrogen-bond donors (Lipinski definition) is 0. The number of unbranched alkanes of at least 4 members (excludes halogenated alkanes) is 2. The molecule has 0 heterocycles. The summed E-state index contributed by atoms with van der Waals surface area (Å²) in [4.78, 5) is 0. The minimum atomic E-state index is 0.0330. The highest BCUT2D eigenvalue weighted by molar-refractivity contribution is 5.37. The van der Waals surface area contributed by atoms with Gasteiger partial charge in [-0.15, -0.1) is 0 Å². The maximum atomic E-state index is 8.62. The van der Waals surface area contributed by atoms with Crippen molar-refractivity contribution in [2.45, 2.75) is 39.5 Å². The van der Waals surface area contributed by atoms with E-state index in [0.29, 0.717) is 19.2 Å². The van der Waals surface area contributed by atoms with E-state index in [1.54, 1.807) is 12.1 Å². The van der Waals surface area contributed by atoms with Gasteiger partial charge in [-0.1, -0.05) is 26.7 Å². The number of rotatable bonds is 9. The van der Waals surface area contributed by atoms with Gasteiger partial charge in [0.15, 0.2) is 0 Å². The van der Waals surface area contributed by atoms with Crippen molar-refractivity contribution in [2.24, 2.45) is 0 Å². The summed E-state index contributed by atoms with van der Waals surface area (Å²) in [5.74, 6) is 0.375. The molecule has 0 saturated heterocycles. The van der Waals surface area contributed by atoms with Crippen LogP contribution in [0.15, 0.2) is 23.7 Å². The Labute approximate surface area is 109 Å². The molecule has 0 atom stereocenters. The van der Waals surface area contributed by atoms with Gasteiger partial charge in [0.05, 0.1) is 13.2 Å². The first-order valence-electron chi connectivity index (χ1n) is 6.26. The number of allylic oxidation sites excluding steroid dienone is 3. The Morgan fingerprint density at radius 3 is 1.83 bits per heavy atom. The fourth-order valence-electron chi connectivity index (χ4n) is 1.02. The van der Waals surface area contributed by atoms with Crippen molar-refractivity contribution in [1.29, 1.82) is 10.5 Å². The molecule has 0 N–H and O–H groups in total. The maximum Gasteiger partial charge on any atom is 0.279 e. The predicted molar refractivity (Wildman–Crippen MR) is 69.1 cm³/mol. The second kappa shape index (κ2) is 11.5. The first-order chi connectivity index (χ1) is 8.78. The van der Waals surface area contributed by atoms with Crippen molar-refractivity contribution in [3.8, 4) is 12.1 Å². The molecule has 0 amide bonds. The first-order valence-corrected chi connectivity index (χ1v) is 6.26. The average molecular weight is 248 g/mol. The van der Waals surface area contributed by atoms with E-state index < -0.39 is 0 Å². The minimum absolute atomic E-state index is 0.0330. The fraction of sp³-hybridized carbons (Fsp3) is 0.571. The minimum Gasteiger partial charge on any atom is -0.465 e. The summed E-state index contributed by atoms with van der Waals surface area (Å²) < 4.78 is 10.9. The highest BCUT2D eigenvalue weighted by Crippen LogP contribution is 2.05. The molecule has 0 bridgehead atoms. The van der Waals surface area contributed by atoms with Crippen LogP contribution in [0, 0.1) is 22.7 Å². The number of nitrogens with zero attached hydrogens (tertiary/aromatic N) is 2. The number of ether oxygens (including phenoxy) is 2. The van der Waals surface area contributed by atoms with E-state index >= 15 is 0 Å². The lowest BCUT2D eigenvalue weighted by Gasteiger charge is -2.10. The Morgan fingerprint density at radius 1 is 0.944 bits per heavy atom. The highest BCUT2D eigenvalue weighted by atomic mass is 16.7. The van der Waals surface area contributed by atoms with Gasteiger partial charge in [0.2, 0.25) is 0 Å². The number of hydrogen-bond acceptors (Lipinski definition) is 4. The van der Waals surface area contributed by atoms with Crippen molar-refractivity contribution in [3.63, 3.8) is 0 Å². The lowest BCUT2D eigenvalue weighted by atomic mass is 10.3. The Hall–Kier alpha value is -1.94. The van der Waals surface area contributed by atoms with E-state index in [9.17, 15) is 0 Å². The molecular weight excluding hydrogens is 228 g/mol. The van der Waals surface area contributed by atoms with Crippen LogP contribution < -0.4 is 0 Å².